The van der Waals surface area contributed by atoms with Gasteiger partial charge in [0.1, 0.15) is 0 Å². The number of hydrogen-bond donors (Lipinski definition) is 0. The van der Waals surface area contributed by atoms with Crippen molar-refractivity contribution in [1.82, 2.24) is 19.9 Å². The number of hydrogen-bond acceptors (Lipinski definition) is 7. The molecule has 7 nitrogen and oxygen atoms in total. The zero-order chi connectivity index (χ0) is 21.8. The first-order chi connectivity index (χ1) is 15.0. The van der Waals surface area contributed by atoms with Crippen molar-refractivity contribution in [3.8, 4) is 0 Å². The number of aromatic nitrogens is 2. The predicted octanol–water partition coefficient (Wildman–Crippen LogP) is 4.00. The highest BCUT2D eigenvalue weighted by molar-refractivity contribution is 7.14. The Morgan fingerprint density at radius 2 is 1.87 bits per heavy atom. The molecule has 3 aromatic rings. The maximum absolute atomic E-state index is 12.5. The Hall–Kier alpha value is -2.55. The van der Waals surface area contributed by atoms with Gasteiger partial charge >= 0.3 is 0 Å². The molecule has 1 aliphatic heterocycles. The second-order valence-corrected chi connectivity index (χ2v) is 8.78. The first kappa shape index (κ1) is 21.7. The van der Waals surface area contributed by atoms with Gasteiger partial charge in [0.25, 0.3) is 0 Å². The standard InChI is InChI=1S/C23H29N5O2S/c1-4-19-7-5-6-8-22(19)28(18(3)29)23-24-20(16-31-23)14-26-9-11-27(12-10-26)15-21-13-17(2)25-30-21/h5-8,13,16H,4,9-12,14-15H2,1-3H3. The molecule has 8 heteroatoms. The number of carbonyl (C=O) groups excluding carboxylic acids is 1. The molecular formula is C23H29N5O2S. The molecule has 0 unspecified atom stereocenters. The number of amides is 1. The van der Waals surface area contributed by atoms with Gasteiger partial charge in [-0.15, -0.1) is 11.3 Å². The number of aryl methyl sites for hydroxylation is 2. The maximum atomic E-state index is 12.5. The quantitative estimate of drug-likeness (QED) is 0.554. The minimum atomic E-state index is -0.0157. The third kappa shape index (κ3) is 5.20. The minimum absolute atomic E-state index is 0.0157. The van der Waals surface area contributed by atoms with Crippen LogP contribution in [-0.2, 0) is 24.3 Å². The normalized spacial score (nSPS) is 15.3. The summed E-state index contributed by atoms with van der Waals surface area (Å²) >= 11 is 1.53. The molecule has 1 aliphatic rings. The number of rotatable bonds is 7. The summed E-state index contributed by atoms with van der Waals surface area (Å²) in [6, 6.07) is 10.0. The van der Waals surface area contributed by atoms with Crippen LogP contribution < -0.4 is 4.90 Å². The average Bonchev–Trinajstić information content (AvgIpc) is 3.38. The van der Waals surface area contributed by atoms with E-state index >= 15 is 0 Å². The van der Waals surface area contributed by atoms with Crippen molar-refractivity contribution in [2.24, 2.45) is 0 Å². The summed E-state index contributed by atoms with van der Waals surface area (Å²) < 4.78 is 5.34. The highest BCUT2D eigenvalue weighted by atomic mass is 32.1. The van der Waals surface area contributed by atoms with E-state index in [0.29, 0.717) is 0 Å². The lowest BCUT2D eigenvalue weighted by Crippen LogP contribution is -2.45. The van der Waals surface area contributed by atoms with E-state index in [2.05, 4.69) is 33.3 Å². The van der Waals surface area contributed by atoms with Gasteiger partial charge in [-0.25, -0.2) is 4.98 Å². The summed E-state index contributed by atoms with van der Waals surface area (Å²) in [6.45, 7) is 11.2. The van der Waals surface area contributed by atoms with Crippen LogP contribution in [0.15, 0.2) is 40.2 Å². The Bertz CT molecular complexity index is 1020. The summed E-state index contributed by atoms with van der Waals surface area (Å²) in [4.78, 5) is 23.8. The molecule has 0 bridgehead atoms. The highest BCUT2D eigenvalue weighted by Crippen LogP contribution is 2.32. The number of nitrogens with zero attached hydrogens (tertiary/aromatic N) is 5. The van der Waals surface area contributed by atoms with E-state index in [-0.39, 0.29) is 5.91 Å². The summed E-state index contributed by atoms with van der Waals surface area (Å²) in [5.74, 6) is 0.907. The Balaban J connectivity index is 1.38. The van der Waals surface area contributed by atoms with Crippen molar-refractivity contribution < 1.29 is 9.32 Å². The third-order valence-electron chi connectivity index (χ3n) is 5.57. The molecule has 1 aromatic carbocycles. The van der Waals surface area contributed by atoms with Gasteiger partial charge < -0.3 is 4.52 Å². The summed E-state index contributed by atoms with van der Waals surface area (Å²) in [5, 5.41) is 6.78. The number of benzene rings is 1. The zero-order valence-corrected chi connectivity index (χ0v) is 19.2. The van der Waals surface area contributed by atoms with Crippen LogP contribution in [0.4, 0.5) is 10.8 Å². The Morgan fingerprint density at radius 1 is 1.16 bits per heavy atom. The van der Waals surface area contributed by atoms with E-state index in [1.54, 1.807) is 11.8 Å². The molecule has 0 spiro atoms. The van der Waals surface area contributed by atoms with E-state index in [1.165, 1.54) is 11.3 Å². The number of carbonyl (C=O) groups is 1. The largest absolute Gasteiger partial charge is 0.360 e. The fourth-order valence-corrected chi connectivity index (χ4v) is 4.82. The van der Waals surface area contributed by atoms with Gasteiger partial charge in [0.05, 0.1) is 23.6 Å². The van der Waals surface area contributed by atoms with Gasteiger partial charge in [-0.1, -0.05) is 30.3 Å². The summed E-state index contributed by atoms with van der Waals surface area (Å²) in [6.07, 6.45) is 0.871. The lowest BCUT2D eigenvalue weighted by atomic mass is 10.1. The molecule has 4 rings (SSSR count). The van der Waals surface area contributed by atoms with Crippen LogP contribution in [0, 0.1) is 6.92 Å². The molecule has 0 atom stereocenters. The minimum Gasteiger partial charge on any atom is -0.360 e. The molecule has 3 heterocycles. The smallest absolute Gasteiger partial charge is 0.230 e. The fourth-order valence-electron chi connectivity index (χ4n) is 3.95. The van der Waals surface area contributed by atoms with Crippen molar-refractivity contribution in [2.75, 3.05) is 31.1 Å². The third-order valence-corrected chi connectivity index (χ3v) is 6.44. The van der Waals surface area contributed by atoms with Crippen LogP contribution in [-0.4, -0.2) is 52.0 Å². The first-order valence-electron chi connectivity index (χ1n) is 10.7. The summed E-state index contributed by atoms with van der Waals surface area (Å²) in [5.41, 5.74) is 4.01. The van der Waals surface area contributed by atoms with Crippen LogP contribution in [0.2, 0.25) is 0 Å². The molecular weight excluding hydrogens is 410 g/mol. The predicted molar refractivity (Wildman–Crippen MR) is 123 cm³/mol. The Kier molecular flexibility index (Phi) is 6.80. The number of anilines is 2. The maximum Gasteiger partial charge on any atom is 0.230 e. The molecule has 1 fully saturated rings. The van der Waals surface area contributed by atoms with E-state index in [1.807, 2.05) is 31.2 Å². The SMILES string of the molecule is CCc1ccccc1N(C(C)=O)c1nc(CN2CCN(Cc3cc(C)no3)CC2)cs1. The zero-order valence-electron chi connectivity index (χ0n) is 18.4. The van der Waals surface area contributed by atoms with Crippen molar-refractivity contribution in [2.45, 2.75) is 40.3 Å². The van der Waals surface area contributed by atoms with Crippen LogP contribution >= 0.6 is 11.3 Å². The first-order valence-corrected chi connectivity index (χ1v) is 11.6. The van der Waals surface area contributed by atoms with E-state index in [4.69, 9.17) is 9.51 Å². The van der Waals surface area contributed by atoms with Crippen molar-refractivity contribution in [3.05, 3.63) is 58.4 Å². The van der Waals surface area contributed by atoms with Crippen LogP contribution in [0.25, 0.3) is 0 Å². The highest BCUT2D eigenvalue weighted by Gasteiger charge is 2.22. The van der Waals surface area contributed by atoms with Gasteiger partial charge in [0, 0.05) is 51.1 Å². The lowest BCUT2D eigenvalue weighted by Gasteiger charge is -2.33. The second-order valence-electron chi connectivity index (χ2n) is 7.95. The Labute approximate surface area is 187 Å². The molecule has 0 saturated carbocycles. The molecule has 164 valence electrons. The molecule has 0 aliphatic carbocycles. The fraction of sp³-hybridized carbons (Fsp3) is 0.435. The van der Waals surface area contributed by atoms with Gasteiger partial charge in [-0.2, -0.15) is 0 Å². The van der Waals surface area contributed by atoms with E-state index < -0.39 is 0 Å². The number of thiazole rings is 1. The van der Waals surface area contributed by atoms with Crippen molar-refractivity contribution >= 4 is 28.1 Å². The van der Waals surface area contributed by atoms with E-state index in [0.717, 1.165) is 79.2 Å². The van der Waals surface area contributed by atoms with Gasteiger partial charge in [-0.3, -0.25) is 19.5 Å². The van der Waals surface area contributed by atoms with Gasteiger partial charge in [-0.05, 0) is 25.0 Å². The van der Waals surface area contributed by atoms with Gasteiger partial charge in [0.15, 0.2) is 10.9 Å². The van der Waals surface area contributed by atoms with Crippen LogP contribution in [0.5, 0.6) is 0 Å². The molecule has 1 saturated heterocycles. The summed E-state index contributed by atoms with van der Waals surface area (Å²) in [7, 11) is 0. The van der Waals surface area contributed by atoms with Crippen molar-refractivity contribution in [1.29, 1.82) is 0 Å². The molecule has 31 heavy (non-hydrogen) atoms. The van der Waals surface area contributed by atoms with Crippen molar-refractivity contribution in [3.63, 3.8) is 0 Å². The number of piperazine rings is 1. The van der Waals surface area contributed by atoms with Crippen LogP contribution in [0.3, 0.4) is 0 Å². The molecule has 0 N–H and O–H groups in total. The molecule has 2 aromatic heterocycles. The average molecular weight is 440 g/mol. The number of para-hydroxylation sites is 1. The van der Waals surface area contributed by atoms with Crippen LogP contribution in [0.1, 0.15) is 36.6 Å². The monoisotopic (exact) mass is 439 g/mol. The topological polar surface area (TPSA) is 65.7 Å². The Morgan fingerprint density at radius 3 is 2.52 bits per heavy atom. The lowest BCUT2D eigenvalue weighted by molar-refractivity contribution is -0.115. The van der Waals surface area contributed by atoms with E-state index in [9.17, 15) is 4.79 Å². The molecule has 1 amide bonds. The second kappa shape index (κ2) is 9.72. The van der Waals surface area contributed by atoms with Gasteiger partial charge in [0.2, 0.25) is 5.91 Å². The molecule has 0 radical (unpaired) electrons.